The molecule has 0 radical (unpaired) electrons. The number of nitrogens with zero attached hydrogens (tertiary/aromatic N) is 2. The minimum atomic E-state index is -1.28. The normalized spacial score (nSPS) is 22.6. The average molecular weight is 450 g/mol. The number of carboxylic acid groups (broad SMARTS) is 1. The maximum atomic E-state index is 13.1. The zero-order valence-electron chi connectivity index (χ0n) is 17.6. The van der Waals surface area contributed by atoms with Crippen LogP contribution in [-0.4, -0.2) is 69.0 Å². The Morgan fingerprint density at radius 1 is 1.35 bits per heavy atom. The molecule has 10 heteroatoms. The van der Waals surface area contributed by atoms with Crippen LogP contribution in [-0.2, 0) is 23.9 Å². The summed E-state index contributed by atoms with van der Waals surface area (Å²) in [5.41, 5.74) is 6.43. The number of ether oxygens (including phenoxy) is 1. The molecule has 168 valence electrons. The van der Waals surface area contributed by atoms with E-state index < -0.39 is 29.3 Å². The Labute approximate surface area is 184 Å². The molecular weight excluding hydrogens is 422 g/mol. The van der Waals surface area contributed by atoms with E-state index in [1.807, 2.05) is 32.1 Å². The topological polar surface area (TPSA) is 130 Å². The first-order chi connectivity index (χ1) is 14.8. The highest BCUT2D eigenvalue weighted by molar-refractivity contribution is 8.00. The van der Waals surface area contributed by atoms with Gasteiger partial charge in [-0.15, -0.1) is 11.8 Å². The predicted octanol–water partition coefficient (Wildman–Crippen LogP) is 1.22. The number of nitrogens with two attached hydrogens (primary N) is 1. The number of carbonyl (C=O) groups is 4. The minimum Gasteiger partial charge on any atom is -0.477 e. The van der Waals surface area contributed by atoms with Crippen LogP contribution in [0.4, 0.5) is 0 Å². The zero-order valence-corrected chi connectivity index (χ0v) is 18.4. The molecule has 31 heavy (non-hydrogen) atoms. The van der Waals surface area contributed by atoms with Gasteiger partial charge in [0.15, 0.2) is 0 Å². The van der Waals surface area contributed by atoms with Crippen LogP contribution in [0.3, 0.4) is 0 Å². The fourth-order valence-electron chi connectivity index (χ4n) is 3.77. The highest BCUT2D eigenvalue weighted by Crippen LogP contribution is 2.44. The molecule has 1 fully saturated rings. The third kappa shape index (κ3) is 4.69. The summed E-state index contributed by atoms with van der Waals surface area (Å²) in [5, 5.41) is 9.23. The van der Waals surface area contributed by atoms with Gasteiger partial charge in [0.2, 0.25) is 5.91 Å². The van der Waals surface area contributed by atoms with Crippen LogP contribution < -0.4 is 5.73 Å². The Kier molecular flexibility index (Phi) is 7.22. The summed E-state index contributed by atoms with van der Waals surface area (Å²) in [4.78, 5) is 52.4. The first kappa shape index (κ1) is 23.1. The third-order valence-corrected chi connectivity index (χ3v) is 6.50. The lowest BCUT2D eigenvalue weighted by Crippen LogP contribution is -2.71. The van der Waals surface area contributed by atoms with Gasteiger partial charge >= 0.3 is 11.9 Å². The average Bonchev–Trinajstić information content (AvgIpc) is 2.75. The molecule has 0 aromatic carbocycles. The molecule has 2 atom stereocenters. The standard InChI is InChI=1S/C21H27N3O6S/c1-12(2)10-30-16(26)8-13-11-31-20-18(19(27)24(20)17(13)21(28)29)23(15(25)9-22)14-6-4-3-5-7-14/h3-4,7,12,18,20H,5-6,8-11,22H2,1-2H3,(H,28,29)/t18-,20+/m1/s1. The van der Waals surface area contributed by atoms with Crippen molar-refractivity contribution in [2.45, 2.75) is 44.5 Å². The SMILES string of the molecule is CC(C)COC(=O)CC1=C(C(=O)O)N2C(=O)[C@@H](N(C(=O)CN)C3=CCC=CC3)[C@@H]2SC1. The first-order valence-electron chi connectivity index (χ1n) is 10.2. The lowest BCUT2D eigenvalue weighted by Gasteiger charge is -2.53. The second-order valence-electron chi connectivity index (χ2n) is 7.94. The number of hydrogen-bond acceptors (Lipinski definition) is 7. The van der Waals surface area contributed by atoms with Gasteiger partial charge in [0, 0.05) is 17.9 Å². The van der Waals surface area contributed by atoms with E-state index in [1.165, 1.54) is 21.6 Å². The lowest BCUT2D eigenvalue weighted by molar-refractivity contribution is -0.157. The molecule has 3 aliphatic rings. The zero-order chi connectivity index (χ0) is 22.7. The first-order valence-corrected chi connectivity index (χ1v) is 11.2. The Hall–Kier alpha value is -2.59. The summed E-state index contributed by atoms with van der Waals surface area (Å²) in [6, 6.07) is -0.817. The van der Waals surface area contributed by atoms with E-state index in [4.69, 9.17) is 10.5 Å². The number of amides is 2. The largest absolute Gasteiger partial charge is 0.477 e. The highest BCUT2D eigenvalue weighted by Gasteiger charge is 2.57. The van der Waals surface area contributed by atoms with Crippen molar-refractivity contribution in [1.82, 2.24) is 9.80 Å². The third-order valence-electron chi connectivity index (χ3n) is 5.17. The summed E-state index contributed by atoms with van der Waals surface area (Å²) in [6.07, 6.45) is 6.72. The van der Waals surface area contributed by atoms with Crippen molar-refractivity contribution in [1.29, 1.82) is 0 Å². The Morgan fingerprint density at radius 2 is 2.10 bits per heavy atom. The predicted molar refractivity (Wildman–Crippen MR) is 114 cm³/mol. The van der Waals surface area contributed by atoms with E-state index in [0.717, 1.165) is 0 Å². The maximum Gasteiger partial charge on any atom is 0.352 e. The van der Waals surface area contributed by atoms with Crippen molar-refractivity contribution in [3.63, 3.8) is 0 Å². The van der Waals surface area contributed by atoms with Crippen LogP contribution in [0, 0.1) is 5.92 Å². The number of carbonyl (C=O) groups excluding carboxylic acids is 3. The molecule has 2 aliphatic heterocycles. The fraction of sp³-hybridized carbons (Fsp3) is 0.524. The van der Waals surface area contributed by atoms with Gasteiger partial charge in [-0.25, -0.2) is 4.79 Å². The van der Waals surface area contributed by atoms with E-state index in [1.54, 1.807) is 0 Å². The highest BCUT2D eigenvalue weighted by atomic mass is 32.2. The van der Waals surface area contributed by atoms with Crippen molar-refractivity contribution >= 4 is 35.5 Å². The molecule has 2 amide bonds. The summed E-state index contributed by atoms with van der Waals surface area (Å²) in [6.45, 7) is 3.80. The van der Waals surface area contributed by atoms with Crippen molar-refractivity contribution in [3.8, 4) is 0 Å². The Bertz CT molecular complexity index is 878. The summed E-state index contributed by atoms with van der Waals surface area (Å²) >= 11 is 1.34. The number of thioether (sulfide) groups is 1. The van der Waals surface area contributed by atoms with Crippen LogP contribution in [0.15, 0.2) is 35.2 Å². The molecule has 0 unspecified atom stereocenters. The molecule has 0 bridgehead atoms. The number of β-lactam (4-membered cyclic amide) rings is 1. The second-order valence-corrected chi connectivity index (χ2v) is 9.05. The van der Waals surface area contributed by atoms with Crippen LogP contribution in [0.1, 0.15) is 33.1 Å². The van der Waals surface area contributed by atoms with Gasteiger partial charge in [0.1, 0.15) is 17.1 Å². The molecule has 1 saturated heterocycles. The molecule has 2 heterocycles. The lowest BCUT2D eigenvalue weighted by atomic mass is 9.98. The number of esters is 1. The van der Waals surface area contributed by atoms with Crippen LogP contribution >= 0.6 is 11.8 Å². The van der Waals surface area contributed by atoms with Gasteiger partial charge in [-0.2, -0.15) is 0 Å². The van der Waals surface area contributed by atoms with Gasteiger partial charge in [-0.05, 0) is 17.9 Å². The van der Waals surface area contributed by atoms with E-state index in [2.05, 4.69) is 0 Å². The van der Waals surface area contributed by atoms with Gasteiger partial charge in [0.05, 0.1) is 19.6 Å². The van der Waals surface area contributed by atoms with Crippen molar-refractivity contribution in [3.05, 3.63) is 35.2 Å². The molecule has 9 nitrogen and oxygen atoms in total. The van der Waals surface area contributed by atoms with Gasteiger partial charge in [-0.3, -0.25) is 24.2 Å². The number of aliphatic carboxylic acids is 1. The molecule has 0 saturated carbocycles. The molecule has 3 rings (SSSR count). The van der Waals surface area contributed by atoms with Crippen molar-refractivity contribution in [2.24, 2.45) is 11.7 Å². The van der Waals surface area contributed by atoms with E-state index >= 15 is 0 Å². The van der Waals surface area contributed by atoms with Crippen LogP contribution in [0.5, 0.6) is 0 Å². The molecule has 0 aromatic heterocycles. The maximum absolute atomic E-state index is 13.1. The number of hydrogen-bond donors (Lipinski definition) is 2. The number of fused-ring (bicyclic) bond motifs is 1. The monoisotopic (exact) mass is 449 g/mol. The molecule has 0 spiro atoms. The van der Waals surface area contributed by atoms with Gasteiger partial charge in [-0.1, -0.05) is 32.1 Å². The number of allylic oxidation sites excluding steroid dienone is 3. The summed E-state index contributed by atoms with van der Waals surface area (Å²) in [7, 11) is 0. The van der Waals surface area contributed by atoms with E-state index in [-0.39, 0.29) is 42.8 Å². The molecule has 0 aromatic rings. The minimum absolute atomic E-state index is 0.162. The quantitative estimate of drug-likeness (QED) is 0.321. The molecule has 3 N–H and O–H groups in total. The summed E-state index contributed by atoms with van der Waals surface area (Å²) in [5.74, 6) is -2.25. The fourth-order valence-corrected chi connectivity index (χ4v) is 5.15. The summed E-state index contributed by atoms with van der Waals surface area (Å²) < 4.78 is 5.17. The molecular formula is C21H27N3O6S. The number of carboxylic acids is 1. The smallest absolute Gasteiger partial charge is 0.352 e. The van der Waals surface area contributed by atoms with Gasteiger partial charge < -0.3 is 15.6 Å². The van der Waals surface area contributed by atoms with E-state index in [9.17, 15) is 24.3 Å². The van der Waals surface area contributed by atoms with Crippen molar-refractivity contribution < 1.29 is 29.0 Å². The Balaban J connectivity index is 1.84. The Morgan fingerprint density at radius 3 is 2.68 bits per heavy atom. The van der Waals surface area contributed by atoms with Crippen molar-refractivity contribution in [2.75, 3.05) is 18.9 Å². The van der Waals surface area contributed by atoms with Gasteiger partial charge in [0.25, 0.3) is 5.91 Å². The number of rotatable bonds is 8. The van der Waals surface area contributed by atoms with Crippen LogP contribution in [0.2, 0.25) is 0 Å². The van der Waals surface area contributed by atoms with E-state index in [0.29, 0.717) is 24.1 Å². The van der Waals surface area contributed by atoms with Crippen LogP contribution in [0.25, 0.3) is 0 Å². The second kappa shape index (κ2) is 9.69. The molecule has 1 aliphatic carbocycles.